The average molecular weight is 366 g/mol. The first-order chi connectivity index (χ1) is 13.2. The van der Waals surface area contributed by atoms with Crippen molar-refractivity contribution in [1.29, 1.82) is 0 Å². The molecule has 7 heteroatoms. The Morgan fingerprint density at radius 1 is 1.11 bits per heavy atom. The van der Waals surface area contributed by atoms with Crippen molar-refractivity contribution in [3.05, 3.63) is 78.0 Å². The lowest BCUT2D eigenvalue weighted by molar-refractivity contribution is 0.399. The summed E-state index contributed by atoms with van der Waals surface area (Å²) in [5.74, 6) is -1.06. The molecule has 136 valence electrons. The summed E-state index contributed by atoms with van der Waals surface area (Å²) in [5.41, 5.74) is 3.81. The van der Waals surface area contributed by atoms with Crippen molar-refractivity contribution in [2.75, 3.05) is 7.11 Å². The number of nitrogens with zero attached hydrogens (tertiary/aromatic N) is 4. The number of pyridine rings is 2. The van der Waals surface area contributed by atoms with Crippen molar-refractivity contribution < 1.29 is 13.5 Å². The van der Waals surface area contributed by atoms with Gasteiger partial charge in [0, 0.05) is 46.9 Å². The van der Waals surface area contributed by atoms with E-state index in [9.17, 15) is 8.78 Å². The maximum atomic E-state index is 14.2. The molecule has 3 aromatic heterocycles. The Morgan fingerprint density at radius 2 is 2.00 bits per heavy atom. The zero-order valence-electron chi connectivity index (χ0n) is 14.6. The first-order valence-electron chi connectivity index (χ1n) is 8.41. The molecule has 0 spiro atoms. The highest BCUT2D eigenvalue weighted by atomic mass is 19.1. The van der Waals surface area contributed by atoms with Crippen LogP contribution in [0.25, 0.3) is 16.8 Å². The van der Waals surface area contributed by atoms with Crippen LogP contribution in [0.5, 0.6) is 5.75 Å². The fourth-order valence-corrected chi connectivity index (χ4v) is 3.17. The second kappa shape index (κ2) is 7.11. The molecule has 0 amide bonds. The minimum Gasteiger partial charge on any atom is -0.496 e. The molecule has 1 aromatic carbocycles. The van der Waals surface area contributed by atoms with E-state index in [1.165, 1.54) is 13.2 Å². The van der Waals surface area contributed by atoms with Crippen LogP contribution in [0.3, 0.4) is 0 Å². The van der Waals surface area contributed by atoms with Gasteiger partial charge in [-0.1, -0.05) is 6.07 Å². The molecule has 4 aromatic rings. The summed E-state index contributed by atoms with van der Waals surface area (Å²) < 4.78 is 34.6. The van der Waals surface area contributed by atoms with Gasteiger partial charge in [-0.25, -0.2) is 8.78 Å². The molecule has 4 rings (SSSR count). The molecular weight excluding hydrogens is 350 g/mol. The lowest BCUT2D eigenvalue weighted by Crippen LogP contribution is -2.04. The molecule has 0 aliphatic rings. The molecule has 0 radical (unpaired) electrons. The SMILES string of the molecule is COc1cc(F)cc(F)c1CCc1ccc(-c2cccnc2)c2nncn12. The van der Waals surface area contributed by atoms with E-state index in [-0.39, 0.29) is 5.75 Å². The van der Waals surface area contributed by atoms with Gasteiger partial charge in [-0.15, -0.1) is 10.2 Å². The van der Waals surface area contributed by atoms with Gasteiger partial charge in [-0.2, -0.15) is 0 Å². The summed E-state index contributed by atoms with van der Waals surface area (Å²) in [5, 5.41) is 8.22. The van der Waals surface area contributed by atoms with Gasteiger partial charge in [0.2, 0.25) is 0 Å². The van der Waals surface area contributed by atoms with Crippen LogP contribution in [-0.4, -0.2) is 26.7 Å². The molecular formula is C20H16F2N4O. The zero-order chi connectivity index (χ0) is 18.8. The maximum Gasteiger partial charge on any atom is 0.168 e. The summed E-state index contributed by atoms with van der Waals surface area (Å²) in [7, 11) is 1.40. The van der Waals surface area contributed by atoms with Gasteiger partial charge in [0.15, 0.2) is 5.65 Å². The Hall–Kier alpha value is -3.35. The highest BCUT2D eigenvalue weighted by Gasteiger charge is 2.14. The van der Waals surface area contributed by atoms with Crippen LogP contribution >= 0.6 is 0 Å². The molecule has 0 saturated carbocycles. The molecule has 0 aliphatic heterocycles. The number of ether oxygens (including phenoxy) is 1. The molecule has 0 unspecified atom stereocenters. The number of halogens is 2. The van der Waals surface area contributed by atoms with Gasteiger partial charge in [0.05, 0.1) is 7.11 Å². The average Bonchev–Trinajstić information content (AvgIpc) is 3.17. The number of benzene rings is 1. The predicted octanol–water partition coefficient (Wildman–Crippen LogP) is 3.86. The van der Waals surface area contributed by atoms with E-state index in [0.717, 1.165) is 22.9 Å². The van der Waals surface area contributed by atoms with Crippen molar-refractivity contribution in [2.45, 2.75) is 12.8 Å². The first kappa shape index (κ1) is 17.1. The van der Waals surface area contributed by atoms with Crippen LogP contribution in [0.2, 0.25) is 0 Å². The third-order valence-electron chi connectivity index (χ3n) is 4.48. The van der Waals surface area contributed by atoms with Crippen molar-refractivity contribution in [1.82, 2.24) is 19.6 Å². The van der Waals surface area contributed by atoms with Crippen LogP contribution in [0.4, 0.5) is 8.78 Å². The first-order valence-corrected chi connectivity index (χ1v) is 8.41. The second-order valence-electron chi connectivity index (χ2n) is 6.07. The third-order valence-corrected chi connectivity index (χ3v) is 4.48. The van der Waals surface area contributed by atoms with Crippen molar-refractivity contribution in [3.63, 3.8) is 0 Å². The van der Waals surface area contributed by atoms with Crippen LogP contribution < -0.4 is 4.74 Å². The van der Waals surface area contributed by atoms with E-state index in [1.54, 1.807) is 18.7 Å². The fraction of sp³-hybridized carbons (Fsp3) is 0.150. The molecule has 0 atom stereocenters. The number of rotatable bonds is 5. The Kier molecular flexibility index (Phi) is 4.50. The lowest BCUT2D eigenvalue weighted by Gasteiger charge is -2.12. The summed E-state index contributed by atoms with van der Waals surface area (Å²) >= 11 is 0. The summed E-state index contributed by atoms with van der Waals surface area (Å²) in [4.78, 5) is 4.14. The molecule has 0 saturated heterocycles. The van der Waals surface area contributed by atoms with Gasteiger partial charge in [-0.05, 0) is 31.0 Å². The van der Waals surface area contributed by atoms with E-state index in [1.807, 2.05) is 28.7 Å². The number of hydrogen-bond acceptors (Lipinski definition) is 4. The highest BCUT2D eigenvalue weighted by molar-refractivity contribution is 5.76. The van der Waals surface area contributed by atoms with E-state index in [2.05, 4.69) is 15.2 Å². The Balaban J connectivity index is 1.68. The minimum absolute atomic E-state index is 0.208. The number of methoxy groups -OCH3 is 1. The molecule has 0 bridgehead atoms. The Labute approximate surface area is 154 Å². The number of fused-ring (bicyclic) bond motifs is 1. The normalized spacial score (nSPS) is 11.1. The van der Waals surface area contributed by atoms with Crippen LogP contribution in [-0.2, 0) is 12.8 Å². The van der Waals surface area contributed by atoms with E-state index in [0.29, 0.717) is 24.1 Å². The number of aromatic nitrogens is 4. The zero-order valence-corrected chi connectivity index (χ0v) is 14.6. The molecule has 0 fully saturated rings. The fourth-order valence-electron chi connectivity index (χ4n) is 3.17. The van der Waals surface area contributed by atoms with E-state index in [4.69, 9.17) is 4.74 Å². The molecule has 0 N–H and O–H groups in total. The van der Waals surface area contributed by atoms with Crippen molar-refractivity contribution in [3.8, 4) is 16.9 Å². The Morgan fingerprint density at radius 3 is 2.78 bits per heavy atom. The highest BCUT2D eigenvalue weighted by Crippen LogP contribution is 2.27. The lowest BCUT2D eigenvalue weighted by atomic mass is 10.0. The minimum atomic E-state index is -0.657. The second-order valence-corrected chi connectivity index (χ2v) is 6.07. The quantitative estimate of drug-likeness (QED) is 0.538. The standard InChI is InChI=1S/C20H16F2N4O/c1-27-19-10-14(21)9-18(22)17(19)7-5-15-4-6-16(13-3-2-8-23-11-13)20-25-24-12-26(15)20/h2-4,6,8-12H,5,7H2,1H3. The Bertz CT molecular complexity index is 1100. The van der Waals surface area contributed by atoms with Gasteiger partial charge >= 0.3 is 0 Å². The molecule has 27 heavy (non-hydrogen) atoms. The van der Waals surface area contributed by atoms with Gasteiger partial charge in [0.1, 0.15) is 23.7 Å². The van der Waals surface area contributed by atoms with Crippen LogP contribution in [0.15, 0.2) is 55.1 Å². The van der Waals surface area contributed by atoms with Gasteiger partial charge < -0.3 is 4.74 Å². The van der Waals surface area contributed by atoms with Gasteiger partial charge in [0.25, 0.3) is 0 Å². The summed E-state index contributed by atoms with van der Waals surface area (Å²) in [6.45, 7) is 0. The van der Waals surface area contributed by atoms with Crippen molar-refractivity contribution in [2.24, 2.45) is 0 Å². The number of hydrogen-bond donors (Lipinski definition) is 0. The van der Waals surface area contributed by atoms with E-state index >= 15 is 0 Å². The predicted molar refractivity (Wildman–Crippen MR) is 96.5 cm³/mol. The van der Waals surface area contributed by atoms with Gasteiger partial charge in [-0.3, -0.25) is 9.38 Å². The topological polar surface area (TPSA) is 52.3 Å². The molecule has 0 aliphatic carbocycles. The maximum absolute atomic E-state index is 14.2. The largest absolute Gasteiger partial charge is 0.496 e. The number of aryl methyl sites for hydroxylation is 1. The molecule has 3 heterocycles. The summed E-state index contributed by atoms with van der Waals surface area (Å²) in [6, 6.07) is 9.78. The monoisotopic (exact) mass is 366 g/mol. The molecule has 5 nitrogen and oxygen atoms in total. The summed E-state index contributed by atoms with van der Waals surface area (Å²) in [6.07, 6.45) is 5.98. The smallest absolute Gasteiger partial charge is 0.168 e. The van der Waals surface area contributed by atoms with E-state index < -0.39 is 11.6 Å². The third kappa shape index (κ3) is 3.23. The van der Waals surface area contributed by atoms with Crippen LogP contribution in [0, 0.1) is 11.6 Å². The van der Waals surface area contributed by atoms with Crippen LogP contribution in [0.1, 0.15) is 11.3 Å². The van der Waals surface area contributed by atoms with Crippen molar-refractivity contribution >= 4 is 5.65 Å².